The number of amides is 1. The molecule has 2 N–H and O–H groups in total. The zero-order valence-electron chi connectivity index (χ0n) is 18.7. The summed E-state index contributed by atoms with van der Waals surface area (Å²) in [6, 6.07) is 5.95. The van der Waals surface area contributed by atoms with Crippen molar-refractivity contribution in [3.63, 3.8) is 0 Å². The minimum atomic E-state index is -0.484. The number of piperazine rings is 1. The molecule has 160 valence electrons. The van der Waals surface area contributed by atoms with Gasteiger partial charge in [0.1, 0.15) is 5.60 Å². The number of carbonyl (C=O) groups excluding carboxylic acids is 1. The van der Waals surface area contributed by atoms with Gasteiger partial charge in [0.2, 0.25) is 0 Å². The highest BCUT2D eigenvalue weighted by Gasteiger charge is 2.51. The van der Waals surface area contributed by atoms with Crippen molar-refractivity contribution < 1.29 is 18.8 Å². The third kappa shape index (κ3) is 4.64. The van der Waals surface area contributed by atoms with Crippen molar-refractivity contribution in [3.8, 4) is 0 Å². The quantitative estimate of drug-likeness (QED) is 0.604. The van der Waals surface area contributed by atoms with Gasteiger partial charge >= 0.3 is 13.2 Å². The molecule has 0 atom stereocenters. The third-order valence-corrected chi connectivity index (χ3v) is 5.85. The van der Waals surface area contributed by atoms with Gasteiger partial charge in [-0.25, -0.2) is 4.79 Å². The van der Waals surface area contributed by atoms with Crippen LogP contribution in [0.25, 0.3) is 0 Å². The van der Waals surface area contributed by atoms with Crippen LogP contribution in [0.2, 0.25) is 0 Å². The second kappa shape index (κ2) is 7.40. The van der Waals surface area contributed by atoms with Crippen LogP contribution in [0.1, 0.15) is 48.5 Å². The first-order valence-electron chi connectivity index (χ1n) is 10.3. The van der Waals surface area contributed by atoms with Gasteiger partial charge in [-0.3, -0.25) is 0 Å². The molecule has 1 amide bonds. The number of benzene rings is 1. The Labute approximate surface area is 174 Å². The van der Waals surface area contributed by atoms with Crippen LogP contribution in [-0.4, -0.2) is 61.1 Å². The predicted molar refractivity (Wildman–Crippen MR) is 117 cm³/mol. The summed E-state index contributed by atoms with van der Waals surface area (Å²) in [4.78, 5) is 16.2. The number of nitrogens with two attached hydrogens (primary N) is 1. The van der Waals surface area contributed by atoms with Gasteiger partial charge in [0.05, 0.1) is 22.6 Å². The monoisotopic (exact) mass is 403 g/mol. The molecule has 0 saturated carbocycles. The molecular weight excluding hydrogens is 369 g/mol. The second-order valence-corrected chi connectivity index (χ2v) is 9.86. The largest absolute Gasteiger partial charge is 0.494 e. The van der Waals surface area contributed by atoms with Crippen molar-refractivity contribution >= 4 is 30.0 Å². The number of hydrogen-bond donors (Lipinski definition) is 1. The van der Waals surface area contributed by atoms with Crippen LogP contribution in [-0.2, 0) is 14.0 Å². The van der Waals surface area contributed by atoms with Gasteiger partial charge < -0.3 is 29.6 Å². The molecule has 8 heteroatoms. The van der Waals surface area contributed by atoms with Crippen LogP contribution >= 0.6 is 0 Å². The number of anilines is 2. The van der Waals surface area contributed by atoms with E-state index in [9.17, 15) is 4.79 Å². The molecule has 0 bridgehead atoms. The van der Waals surface area contributed by atoms with Gasteiger partial charge in [-0.05, 0) is 66.1 Å². The number of nitrogens with zero attached hydrogens (tertiary/aromatic N) is 2. The minimum Gasteiger partial charge on any atom is -0.444 e. The highest BCUT2D eigenvalue weighted by Crippen LogP contribution is 2.37. The van der Waals surface area contributed by atoms with Gasteiger partial charge in [-0.2, -0.15) is 0 Å². The fourth-order valence-electron chi connectivity index (χ4n) is 3.44. The van der Waals surface area contributed by atoms with Crippen LogP contribution in [0.3, 0.4) is 0 Å². The van der Waals surface area contributed by atoms with Crippen molar-refractivity contribution in [1.82, 2.24) is 4.90 Å². The molecule has 0 aliphatic carbocycles. The zero-order chi connectivity index (χ0) is 21.6. The Morgan fingerprint density at radius 1 is 1.07 bits per heavy atom. The summed E-state index contributed by atoms with van der Waals surface area (Å²) in [5.74, 6) is 0. The molecule has 1 aromatic carbocycles. The van der Waals surface area contributed by atoms with Crippen molar-refractivity contribution in [2.24, 2.45) is 0 Å². The van der Waals surface area contributed by atoms with Gasteiger partial charge in [0, 0.05) is 26.2 Å². The third-order valence-electron chi connectivity index (χ3n) is 5.85. The summed E-state index contributed by atoms with van der Waals surface area (Å²) in [7, 11) is -0.430. The van der Waals surface area contributed by atoms with E-state index in [0.29, 0.717) is 31.9 Å². The van der Waals surface area contributed by atoms with E-state index in [2.05, 4.69) is 4.90 Å². The molecule has 2 heterocycles. The smallest absolute Gasteiger partial charge is 0.444 e. The topological polar surface area (TPSA) is 77.3 Å². The van der Waals surface area contributed by atoms with Crippen molar-refractivity contribution in [2.45, 2.75) is 65.3 Å². The molecule has 0 radical (unpaired) electrons. The van der Waals surface area contributed by atoms with Crippen LogP contribution in [0, 0.1) is 0 Å². The van der Waals surface area contributed by atoms with E-state index >= 15 is 0 Å². The lowest BCUT2D eigenvalue weighted by Crippen LogP contribution is -2.50. The lowest BCUT2D eigenvalue weighted by molar-refractivity contribution is 0.00578. The maximum Gasteiger partial charge on any atom is 0.494 e. The molecule has 2 saturated heterocycles. The molecule has 3 rings (SSSR count). The predicted octanol–water partition coefficient (Wildman–Crippen LogP) is 2.63. The average molecular weight is 403 g/mol. The Bertz CT molecular complexity index is 752. The van der Waals surface area contributed by atoms with Crippen LogP contribution in [0.15, 0.2) is 18.2 Å². The SMILES string of the molecule is CC(C)(C)OC(=O)N1CCN(c2ccc(B3OC(C)(C)C(C)(C)O3)cc2N)CC1. The summed E-state index contributed by atoms with van der Waals surface area (Å²) >= 11 is 0. The normalized spacial score (nSPS) is 21.4. The zero-order valence-corrected chi connectivity index (χ0v) is 18.7. The van der Waals surface area contributed by atoms with E-state index in [4.69, 9.17) is 19.8 Å². The van der Waals surface area contributed by atoms with Gasteiger partial charge in [0.15, 0.2) is 0 Å². The summed E-state index contributed by atoms with van der Waals surface area (Å²) in [6.07, 6.45) is -0.263. The van der Waals surface area contributed by atoms with Crippen LogP contribution < -0.4 is 16.1 Å². The molecule has 1 aromatic rings. The summed E-state index contributed by atoms with van der Waals surface area (Å²) < 4.78 is 17.7. The highest BCUT2D eigenvalue weighted by molar-refractivity contribution is 6.62. The summed E-state index contributed by atoms with van der Waals surface area (Å²) in [6.45, 7) is 16.4. The Morgan fingerprint density at radius 2 is 1.62 bits per heavy atom. The molecule has 7 nitrogen and oxygen atoms in total. The van der Waals surface area contributed by atoms with E-state index in [1.165, 1.54) is 0 Å². The summed E-state index contributed by atoms with van der Waals surface area (Å²) in [5.41, 5.74) is 7.68. The van der Waals surface area contributed by atoms with E-state index in [1.54, 1.807) is 4.90 Å². The van der Waals surface area contributed by atoms with E-state index in [1.807, 2.05) is 66.7 Å². The second-order valence-electron chi connectivity index (χ2n) is 9.86. The summed E-state index contributed by atoms with van der Waals surface area (Å²) in [5, 5.41) is 0. The standard InChI is InChI=1S/C21H34BN3O4/c1-19(2,3)27-18(26)25-12-10-24(11-13-25)17-9-8-15(14-16(17)23)22-28-20(4,5)21(6,7)29-22/h8-9,14H,10-13,23H2,1-7H3. The van der Waals surface area contributed by atoms with Crippen molar-refractivity contribution in [2.75, 3.05) is 36.8 Å². The Kier molecular flexibility index (Phi) is 5.56. The minimum absolute atomic E-state index is 0.263. The average Bonchev–Trinajstić information content (AvgIpc) is 2.81. The number of ether oxygens (including phenoxy) is 1. The van der Waals surface area contributed by atoms with E-state index in [-0.39, 0.29) is 17.3 Å². The first-order valence-corrected chi connectivity index (χ1v) is 10.3. The fraction of sp³-hybridized carbons (Fsp3) is 0.667. The molecule has 2 fully saturated rings. The van der Waals surface area contributed by atoms with Crippen LogP contribution in [0.4, 0.5) is 16.2 Å². The van der Waals surface area contributed by atoms with E-state index in [0.717, 1.165) is 11.2 Å². The molecule has 2 aliphatic rings. The Hall–Kier alpha value is -1.93. The first kappa shape index (κ1) is 21.8. The van der Waals surface area contributed by atoms with Crippen molar-refractivity contribution in [3.05, 3.63) is 18.2 Å². The van der Waals surface area contributed by atoms with E-state index < -0.39 is 12.7 Å². The van der Waals surface area contributed by atoms with Gasteiger partial charge in [-0.1, -0.05) is 6.07 Å². The molecule has 0 unspecified atom stereocenters. The van der Waals surface area contributed by atoms with Gasteiger partial charge in [0.25, 0.3) is 0 Å². The molecule has 2 aliphatic heterocycles. The number of carbonyl (C=O) groups is 1. The molecule has 0 spiro atoms. The number of nitrogen functional groups attached to an aromatic ring is 1. The highest BCUT2D eigenvalue weighted by atomic mass is 16.7. The van der Waals surface area contributed by atoms with Crippen molar-refractivity contribution in [1.29, 1.82) is 0 Å². The number of hydrogen-bond acceptors (Lipinski definition) is 6. The maximum atomic E-state index is 12.3. The fourth-order valence-corrected chi connectivity index (χ4v) is 3.44. The Morgan fingerprint density at radius 3 is 2.10 bits per heavy atom. The number of rotatable bonds is 2. The lowest BCUT2D eigenvalue weighted by Gasteiger charge is -2.37. The lowest BCUT2D eigenvalue weighted by atomic mass is 9.78. The molecular formula is C21H34BN3O4. The maximum absolute atomic E-state index is 12.3. The molecule has 29 heavy (non-hydrogen) atoms. The Balaban J connectivity index is 1.64. The first-order chi connectivity index (χ1) is 13.3. The van der Waals surface area contributed by atoms with Gasteiger partial charge in [-0.15, -0.1) is 0 Å². The molecule has 0 aromatic heterocycles. The van der Waals surface area contributed by atoms with Crippen LogP contribution in [0.5, 0.6) is 0 Å².